The largest absolute Gasteiger partial charge is 0.383 e. The quantitative estimate of drug-likeness (QED) is 0.222. The molecule has 4 rings (SSSR count). The molecule has 11 nitrogen and oxygen atoms in total. The summed E-state index contributed by atoms with van der Waals surface area (Å²) in [5.41, 5.74) is 13.2. The van der Waals surface area contributed by atoms with Gasteiger partial charge in [-0.1, -0.05) is 6.07 Å². The van der Waals surface area contributed by atoms with Crippen LogP contribution in [0.25, 0.3) is 21.3 Å². The van der Waals surface area contributed by atoms with Gasteiger partial charge in [-0.05, 0) is 35.9 Å². The molecule has 1 aromatic carbocycles. The number of rotatable bonds is 9. The number of sulfonamides is 1. The zero-order chi connectivity index (χ0) is 25.0. The molecule has 7 N–H and O–H groups in total. The van der Waals surface area contributed by atoms with Crippen molar-refractivity contribution in [2.75, 3.05) is 31.2 Å². The van der Waals surface area contributed by atoms with Crippen LogP contribution in [0.2, 0.25) is 0 Å². The molecule has 4 aromatic rings. The maximum atomic E-state index is 12.4. The lowest BCUT2D eigenvalue weighted by Crippen LogP contribution is -2.30. The Labute approximate surface area is 206 Å². The first-order valence-electron chi connectivity index (χ1n) is 10.6. The number of carbonyl (C=O) groups excluding carboxylic acids is 1. The summed E-state index contributed by atoms with van der Waals surface area (Å²) in [5, 5.41) is 6.43. The lowest BCUT2D eigenvalue weighted by molar-refractivity contribution is 0.0963. The van der Waals surface area contributed by atoms with Crippen molar-refractivity contribution >= 4 is 49.8 Å². The van der Waals surface area contributed by atoms with Crippen LogP contribution in [0.5, 0.6) is 0 Å². The van der Waals surface area contributed by atoms with Gasteiger partial charge in [0.2, 0.25) is 10.0 Å². The Balaban J connectivity index is 1.55. The molecule has 1 amide bonds. The molecule has 3 heterocycles. The van der Waals surface area contributed by atoms with E-state index in [9.17, 15) is 13.2 Å². The van der Waals surface area contributed by atoms with Gasteiger partial charge >= 0.3 is 0 Å². The molecule has 0 aliphatic rings. The lowest BCUT2D eigenvalue weighted by Gasteiger charge is -2.12. The first-order valence-corrected chi connectivity index (χ1v) is 12.9. The molecular formula is C22H24N8O3S2. The summed E-state index contributed by atoms with van der Waals surface area (Å²) >= 11 is 1.57. The number of carbonyl (C=O) groups is 1. The average Bonchev–Trinajstić information content (AvgIpc) is 3.35. The van der Waals surface area contributed by atoms with Crippen molar-refractivity contribution in [3.8, 4) is 10.4 Å². The van der Waals surface area contributed by atoms with Crippen LogP contribution in [0.15, 0.2) is 53.8 Å². The minimum atomic E-state index is -3.83. The van der Waals surface area contributed by atoms with Crippen LogP contribution in [0.4, 0.5) is 11.6 Å². The van der Waals surface area contributed by atoms with Gasteiger partial charge in [0.1, 0.15) is 22.9 Å². The second-order valence-corrected chi connectivity index (χ2v) is 10.4. The van der Waals surface area contributed by atoms with E-state index in [-0.39, 0.29) is 29.4 Å². The number of hydrogen-bond donors (Lipinski definition) is 5. The van der Waals surface area contributed by atoms with Gasteiger partial charge in [0.05, 0.1) is 17.6 Å². The third kappa shape index (κ3) is 5.38. The number of aromatic nitrogens is 3. The van der Waals surface area contributed by atoms with Crippen molar-refractivity contribution in [1.29, 1.82) is 0 Å². The van der Waals surface area contributed by atoms with E-state index in [1.54, 1.807) is 11.3 Å². The number of nitrogens with two attached hydrogens (primary N) is 2. The molecule has 3 aromatic heterocycles. The summed E-state index contributed by atoms with van der Waals surface area (Å²) in [6, 6.07) is 11.1. The Bertz CT molecular complexity index is 1490. The molecule has 0 fully saturated rings. The third-order valence-corrected chi connectivity index (χ3v) is 7.69. The normalized spacial score (nSPS) is 11.5. The molecule has 0 unspecified atom stereocenters. The minimum absolute atomic E-state index is 0.0786. The SMILES string of the molecule is CNC(=O)c1cc(S(=O)(=O)NCCN)cnc1NCc1ccc(-c2ccc3ncnc(N)c3c2)s1. The molecule has 0 radical (unpaired) electrons. The highest BCUT2D eigenvalue weighted by Crippen LogP contribution is 2.31. The van der Waals surface area contributed by atoms with Crippen molar-refractivity contribution in [2.24, 2.45) is 5.73 Å². The topological polar surface area (TPSA) is 178 Å². The molecule has 35 heavy (non-hydrogen) atoms. The molecule has 0 aliphatic heterocycles. The van der Waals surface area contributed by atoms with Crippen LogP contribution in [0.1, 0.15) is 15.2 Å². The van der Waals surface area contributed by atoms with Gasteiger partial charge in [-0.3, -0.25) is 4.79 Å². The summed E-state index contributed by atoms with van der Waals surface area (Å²) in [6.07, 6.45) is 2.64. The summed E-state index contributed by atoms with van der Waals surface area (Å²) in [7, 11) is -2.37. The van der Waals surface area contributed by atoms with Crippen LogP contribution in [-0.4, -0.2) is 49.4 Å². The molecule has 182 valence electrons. The Morgan fingerprint density at radius 1 is 1.11 bits per heavy atom. The van der Waals surface area contributed by atoms with E-state index in [1.165, 1.54) is 25.6 Å². The number of fused-ring (bicyclic) bond motifs is 1. The highest BCUT2D eigenvalue weighted by molar-refractivity contribution is 7.89. The molecule has 0 spiro atoms. The Morgan fingerprint density at radius 2 is 1.94 bits per heavy atom. The van der Waals surface area contributed by atoms with Gasteiger partial charge in [-0.15, -0.1) is 11.3 Å². The predicted octanol–water partition coefficient (Wildman–Crippen LogP) is 1.54. The number of anilines is 2. The van der Waals surface area contributed by atoms with Crippen molar-refractivity contribution in [2.45, 2.75) is 11.4 Å². The fourth-order valence-corrected chi connectivity index (χ4v) is 5.31. The maximum Gasteiger partial charge on any atom is 0.254 e. The average molecular weight is 513 g/mol. The molecule has 0 saturated heterocycles. The second kappa shape index (κ2) is 10.3. The van der Waals surface area contributed by atoms with Crippen LogP contribution < -0.4 is 26.8 Å². The van der Waals surface area contributed by atoms with Gasteiger partial charge in [0.25, 0.3) is 5.91 Å². The van der Waals surface area contributed by atoms with Crippen LogP contribution in [-0.2, 0) is 16.6 Å². The fourth-order valence-electron chi connectivity index (χ4n) is 3.35. The molecule has 0 saturated carbocycles. The van der Waals surface area contributed by atoms with Crippen LogP contribution >= 0.6 is 11.3 Å². The van der Waals surface area contributed by atoms with Crippen molar-refractivity contribution in [1.82, 2.24) is 25.0 Å². The molecule has 0 aliphatic carbocycles. The van der Waals surface area contributed by atoms with Gasteiger partial charge in [0, 0.05) is 41.5 Å². The maximum absolute atomic E-state index is 12.4. The summed E-state index contributed by atoms with van der Waals surface area (Å²) in [4.78, 5) is 26.8. The minimum Gasteiger partial charge on any atom is -0.383 e. The van der Waals surface area contributed by atoms with Crippen molar-refractivity contribution in [3.63, 3.8) is 0 Å². The zero-order valence-corrected chi connectivity index (χ0v) is 20.4. The number of pyridine rings is 1. The zero-order valence-electron chi connectivity index (χ0n) is 18.8. The summed E-state index contributed by atoms with van der Waals surface area (Å²) < 4.78 is 27.2. The Kier molecular flexibility index (Phi) is 7.21. The number of thiophene rings is 1. The van der Waals surface area contributed by atoms with E-state index >= 15 is 0 Å². The van der Waals surface area contributed by atoms with Crippen molar-refractivity contribution < 1.29 is 13.2 Å². The number of nitrogens with zero attached hydrogens (tertiary/aromatic N) is 3. The smallest absolute Gasteiger partial charge is 0.254 e. The van der Waals surface area contributed by atoms with E-state index < -0.39 is 15.9 Å². The van der Waals surface area contributed by atoms with Crippen LogP contribution in [0, 0.1) is 0 Å². The van der Waals surface area contributed by atoms with Gasteiger partial charge < -0.3 is 22.1 Å². The van der Waals surface area contributed by atoms with Gasteiger partial charge in [-0.25, -0.2) is 28.1 Å². The van der Waals surface area contributed by atoms with Gasteiger partial charge in [-0.2, -0.15) is 0 Å². The van der Waals surface area contributed by atoms with E-state index in [0.29, 0.717) is 12.4 Å². The van der Waals surface area contributed by atoms with E-state index in [1.807, 2.05) is 30.3 Å². The number of amides is 1. The number of nitrogens with one attached hydrogen (secondary N) is 3. The predicted molar refractivity (Wildman–Crippen MR) is 136 cm³/mol. The molecule has 0 bridgehead atoms. The van der Waals surface area contributed by atoms with Crippen LogP contribution in [0.3, 0.4) is 0 Å². The monoisotopic (exact) mass is 512 g/mol. The lowest BCUT2D eigenvalue weighted by atomic mass is 10.1. The standard InChI is InChI=1S/C22H24N8O3S2/c1-25-22(31)17-9-15(35(32,33)30-7-6-23)11-27-21(17)26-10-14-3-5-19(34-14)13-2-4-18-16(8-13)20(24)29-12-28-18/h2-5,8-9,11-12,30H,6-7,10,23H2,1H3,(H,25,31)(H,26,27)(H2,24,28,29). The van der Waals surface area contributed by atoms with E-state index in [2.05, 4.69) is 30.3 Å². The summed E-state index contributed by atoms with van der Waals surface area (Å²) in [6.45, 7) is 0.616. The third-order valence-electron chi connectivity index (χ3n) is 5.12. The molecule has 13 heteroatoms. The first kappa shape index (κ1) is 24.5. The fraction of sp³-hybridized carbons (Fsp3) is 0.182. The second-order valence-electron chi connectivity index (χ2n) is 7.44. The highest BCUT2D eigenvalue weighted by Gasteiger charge is 2.20. The first-order chi connectivity index (χ1) is 16.8. The Morgan fingerprint density at radius 3 is 2.71 bits per heavy atom. The van der Waals surface area contributed by atoms with E-state index in [0.717, 1.165) is 26.2 Å². The highest BCUT2D eigenvalue weighted by atomic mass is 32.2. The summed E-state index contributed by atoms with van der Waals surface area (Å²) in [5.74, 6) is 0.234. The van der Waals surface area contributed by atoms with Crippen molar-refractivity contribution in [3.05, 3.63) is 59.4 Å². The number of nitrogen functional groups attached to an aromatic ring is 1. The molecular weight excluding hydrogens is 488 g/mol. The number of benzene rings is 1. The Hall–Kier alpha value is -3.65. The number of hydrogen-bond acceptors (Lipinski definition) is 10. The molecule has 0 atom stereocenters. The van der Waals surface area contributed by atoms with E-state index in [4.69, 9.17) is 11.5 Å². The van der Waals surface area contributed by atoms with Gasteiger partial charge in [0.15, 0.2) is 0 Å².